The molecule has 1 heterocycles. The Bertz CT molecular complexity index is 826. The zero-order valence-electron chi connectivity index (χ0n) is 14.0. The number of hydrogen-bond acceptors (Lipinski definition) is 3. The summed E-state index contributed by atoms with van der Waals surface area (Å²) in [5, 5.41) is 11.2. The maximum atomic E-state index is 13.2. The van der Waals surface area contributed by atoms with E-state index in [-0.39, 0.29) is 33.9 Å². The number of nitro benzene ring substituents is 1. The number of benzene rings is 2. The summed E-state index contributed by atoms with van der Waals surface area (Å²) in [5.41, 5.74) is 0.958. The fourth-order valence-corrected chi connectivity index (χ4v) is 3.49. The predicted octanol–water partition coefficient (Wildman–Crippen LogP) is 4.80. The number of halogens is 2. The van der Waals surface area contributed by atoms with Gasteiger partial charge in [-0.15, -0.1) is 0 Å². The number of hydrogen-bond donors (Lipinski definition) is 0. The van der Waals surface area contributed by atoms with Crippen LogP contribution in [-0.4, -0.2) is 28.8 Å². The second-order valence-electron chi connectivity index (χ2n) is 6.42. The number of likely N-dealkylation sites (tertiary alicyclic amines) is 1. The standard InChI is InChI=1S/C19H18ClFN2O3/c20-18-9-8-16(23(25)26)11-17(18)19(24)22-10-2-1-3-14(12-22)13-4-6-15(21)7-5-13/h4-9,11,14H,1-3,10,12H2. The lowest BCUT2D eigenvalue weighted by Crippen LogP contribution is -2.34. The summed E-state index contributed by atoms with van der Waals surface area (Å²) < 4.78 is 13.2. The molecule has 0 spiro atoms. The summed E-state index contributed by atoms with van der Waals surface area (Å²) in [6.07, 6.45) is 2.70. The van der Waals surface area contributed by atoms with Gasteiger partial charge < -0.3 is 4.90 Å². The second-order valence-corrected chi connectivity index (χ2v) is 6.82. The number of carbonyl (C=O) groups is 1. The van der Waals surface area contributed by atoms with Crippen LogP contribution < -0.4 is 0 Å². The molecule has 26 heavy (non-hydrogen) atoms. The van der Waals surface area contributed by atoms with Crippen molar-refractivity contribution in [1.29, 1.82) is 0 Å². The fraction of sp³-hybridized carbons (Fsp3) is 0.316. The van der Waals surface area contributed by atoms with E-state index in [2.05, 4.69) is 0 Å². The van der Waals surface area contributed by atoms with Crippen LogP contribution in [0.15, 0.2) is 42.5 Å². The van der Waals surface area contributed by atoms with E-state index in [0.29, 0.717) is 13.1 Å². The van der Waals surface area contributed by atoms with E-state index in [1.54, 1.807) is 17.0 Å². The van der Waals surface area contributed by atoms with Gasteiger partial charge in [-0.05, 0) is 36.6 Å². The number of nitro groups is 1. The molecule has 0 saturated carbocycles. The molecule has 1 aliphatic rings. The van der Waals surface area contributed by atoms with Gasteiger partial charge in [0.05, 0.1) is 15.5 Å². The van der Waals surface area contributed by atoms with Crippen molar-refractivity contribution in [1.82, 2.24) is 4.90 Å². The third-order valence-electron chi connectivity index (χ3n) is 4.69. The zero-order valence-corrected chi connectivity index (χ0v) is 14.8. The average molecular weight is 377 g/mol. The molecule has 3 rings (SSSR count). The monoisotopic (exact) mass is 376 g/mol. The fourth-order valence-electron chi connectivity index (χ4n) is 3.29. The molecule has 0 N–H and O–H groups in total. The number of rotatable bonds is 3. The van der Waals surface area contributed by atoms with E-state index in [0.717, 1.165) is 24.8 Å². The molecule has 1 fully saturated rings. The van der Waals surface area contributed by atoms with Crippen molar-refractivity contribution in [3.8, 4) is 0 Å². The molecular formula is C19H18ClFN2O3. The van der Waals surface area contributed by atoms with E-state index in [1.165, 1.54) is 30.3 Å². The minimum atomic E-state index is -0.545. The summed E-state index contributed by atoms with van der Waals surface area (Å²) in [4.78, 5) is 25.1. The molecule has 1 unspecified atom stereocenters. The van der Waals surface area contributed by atoms with E-state index in [4.69, 9.17) is 11.6 Å². The molecular weight excluding hydrogens is 359 g/mol. The average Bonchev–Trinajstić information content (AvgIpc) is 2.88. The van der Waals surface area contributed by atoms with Crippen LogP contribution in [0.1, 0.15) is 41.1 Å². The molecule has 1 atom stereocenters. The van der Waals surface area contributed by atoms with Gasteiger partial charge in [0.1, 0.15) is 5.82 Å². The Labute approximate surface area is 155 Å². The van der Waals surface area contributed by atoms with Crippen molar-refractivity contribution >= 4 is 23.2 Å². The molecule has 136 valence electrons. The van der Waals surface area contributed by atoms with Gasteiger partial charge in [-0.1, -0.05) is 30.2 Å². The summed E-state index contributed by atoms with van der Waals surface area (Å²) in [7, 11) is 0. The number of carbonyl (C=O) groups excluding carboxylic acids is 1. The smallest absolute Gasteiger partial charge is 0.270 e. The molecule has 2 aromatic rings. The Balaban J connectivity index is 1.85. The van der Waals surface area contributed by atoms with Crippen LogP contribution in [0.2, 0.25) is 5.02 Å². The Morgan fingerprint density at radius 1 is 1.19 bits per heavy atom. The van der Waals surface area contributed by atoms with E-state index >= 15 is 0 Å². The molecule has 0 aliphatic carbocycles. The van der Waals surface area contributed by atoms with Crippen molar-refractivity contribution < 1.29 is 14.1 Å². The van der Waals surface area contributed by atoms with Gasteiger partial charge in [-0.3, -0.25) is 14.9 Å². The Hall–Kier alpha value is -2.47. The third kappa shape index (κ3) is 4.02. The van der Waals surface area contributed by atoms with E-state index in [9.17, 15) is 19.3 Å². The Morgan fingerprint density at radius 3 is 2.62 bits per heavy atom. The first-order valence-electron chi connectivity index (χ1n) is 8.44. The highest BCUT2D eigenvalue weighted by Gasteiger charge is 2.26. The van der Waals surface area contributed by atoms with Crippen LogP contribution in [0.4, 0.5) is 10.1 Å². The zero-order chi connectivity index (χ0) is 18.7. The molecule has 1 saturated heterocycles. The van der Waals surface area contributed by atoms with Gasteiger partial charge in [0, 0.05) is 31.1 Å². The van der Waals surface area contributed by atoms with Gasteiger partial charge in [-0.25, -0.2) is 4.39 Å². The maximum Gasteiger partial charge on any atom is 0.270 e. The molecule has 0 bridgehead atoms. The topological polar surface area (TPSA) is 63.4 Å². The SMILES string of the molecule is O=C(c1cc([N+](=O)[O-])ccc1Cl)N1CCCCC(c2ccc(F)cc2)C1. The van der Waals surface area contributed by atoms with Crippen molar-refractivity contribution in [2.24, 2.45) is 0 Å². The number of amides is 1. The molecule has 5 nitrogen and oxygen atoms in total. The highest BCUT2D eigenvalue weighted by molar-refractivity contribution is 6.33. The predicted molar refractivity (Wildman–Crippen MR) is 97.0 cm³/mol. The minimum absolute atomic E-state index is 0.0968. The van der Waals surface area contributed by atoms with Gasteiger partial charge in [-0.2, -0.15) is 0 Å². The van der Waals surface area contributed by atoms with E-state index in [1.807, 2.05) is 0 Å². The van der Waals surface area contributed by atoms with Crippen LogP contribution in [0, 0.1) is 15.9 Å². The molecule has 0 aromatic heterocycles. The molecule has 0 radical (unpaired) electrons. The lowest BCUT2D eigenvalue weighted by molar-refractivity contribution is -0.384. The first-order valence-corrected chi connectivity index (χ1v) is 8.82. The van der Waals surface area contributed by atoms with Crippen LogP contribution in [0.25, 0.3) is 0 Å². The molecule has 1 aliphatic heterocycles. The van der Waals surface area contributed by atoms with Crippen molar-refractivity contribution in [3.63, 3.8) is 0 Å². The lowest BCUT2D eigenvalue weighted by Gasteiger charge is -2.25. The van der Waals surface area contributed by atoms with Gasteiger partial charge >= 0.3 is 0 Å². The maximum absolute atomic E-state index is 13.2. The largest absolute Gasteiger partial charge is 0.338 e. The van der Waals surface area contributed by atoms with Gasteiger partial charge in [0.2, 0.25) is 0 Å². The normalized spacial score (nSPS) is 17.6. The highest BCUT2D eigenvalue weighted by Crippen LogP contribution is 2.29. The number of non-ortho nitro benzene ring substituents is 1. The highest BCUT2D eigenvalue weighted by atomic mass is 35.5. The van der Waals surface area contributed by atoms with Crippen molar-refractivity contribution in [3.05, 3.63) is 74.5 Å². The summed E-state index contributed by atoms with van der Waals surface area (Å²) in [6, 6.07) is 10.2. The minimum Gasteiger partial charge on any atom is -0.338 e. The van der Waals surface area contributed by atoms with Crippen LogP contribution >= 0.6 is 11.6 Å². The van der Waals surface area contributed by atoms with Gasteiger partial charge in [0.15, 0.2) is 0 Å². The third-order valence-corrected chi connectivity index (χ3v) is 5.02. The quantitative estimate of drug-likeness (QED) is 0.571. The van der Waals surface area contributed by atoms with Crippen LogP contribution in [0.3, 0.4) is 0 Å². The summed E-state index contributed by atoms with van der Waals surface area (Å²) in [6.45, 7) is 1.04. The van der Waals surface area contributed by atoms with Crippen LogP contribution in [-0.2, 0) is 0 Å². The van der Waals surface area contributed by atoms with Crippen molar-refractivity contribution in [2.45, 2.75) is 25.2 Å². The Morgan fingerprint density at radius 2 is 1.92 bits per heavy atom. The summed E-state index contributed by atoms with van der Waals surface area (Å²) >= 11 is 6.11. The summed E-state index contributed by atoms with van der Waals surface area (Å²) in [5.74, 6) is -0.508. The second kappa shape index (κ2) is 7.83. The molecule has 1 amide bonds. The van der Waals surface area contributed by atoms with Crippen LogP contribution in [0.5, 0.6) is 0 Å². The molecule has 2 aromatic carbocycles. The Kier molecular flexibility index (Phi) is 5.52. The number of nitrogens with zero attached hydrogens (tertiary/aromatic N) is 2. The first-order chi connectivity index (χ1) is 12.5. The first kappa shape index (κ1) is 18.3. The lowest BCUT2D eigenvalue weighted by atomic mass is 9.94. The van der Waals surface area contributed by atoms with E-state index < -0.39 is 4.92 Å². The van der Waals surface area contributed by atoms with Crippen molar-refractivity contribution in [2.75, 3.05) is 13.1 Å². The molecule has 7 heteroatoms. The van der Waals surface area contributed by atoms with Gasteiger partial charge in [0.25, 0.3) is 11.6 Å².